The van der Waals surface area contributed by atoms with Gasteiger partial charge in [-0.1, -0.05) is 0 Å². The fraction of sp³-hybridized carbons (Fsp3) is 0.833. The summed E-state index contributed by atoms with van der Waals surface area (Å²) in [6.07, 6.45) is 1.65. The van der Waals surface area contributed by atoms with Crippen molar-refractivity contribution in [2.75, 3.05) is 24.6 Å². The van der Waals surface area contributed by atoms with Gasteiger partial charge in [-0.3, -0.25) is 0 Å². The predicted molar refractivity (Wildman–Crippen MR) is 72.1 cm³/mol. The van der Waals surface area contributed by atoms with E-state index in [2.05, 4.69) is 5.32 Å². The number of sulfone groups is 1. The average Bonchev–Trinajstić information content (AvgIpc) is 2.90. The summed E-state index contributed by atoms with van der Waals surface area (Å²) in [6.45, 7) is 2.24. The fourth-order valence-corrected chi connectivity index (χ4v) is 4.73. The summed E-state index contributed by atoms with van der Waals surface area (Å²) in [4.78, 5) is 24.7. The number of aliphatic carboxylic acids is 1. The van der Waals surface area contributed by atoms with E-state index in [4.69, 9.17) is 0 Å². The lowest BCUT2D eigenvalue weighted by Crippen LogP contribution is -2.54. The highest BCUT2D eigenvalue weighted by molar-refractivity contribution is 7.91. The van der Waals surface area contributed by atoms with E-state index < -0.39 is 27.4 Å². The molecule has 2 N–H and O–H groups in total. The minimum Gasteiger partial charge on any atom is -0.480 e. The molecule has 7 nitrogen and oxygen atoms in total. The van der Waals surface area contributed by atoms with Crippen molar-refractivity contribution in [3.8, 4) is 0 Å². The number of hydrogen-bond acceptors (Lipinski definition) is 4. The van der Waals surface area contributed by atoms with Gasteiger partial charge in [-0.05, 0) is 32.1 Å². The Morgan fingerprint density at radius 2 is 2.15 bits per heavy atom. The topological polar surface area (TPSA) is 104 Å². The molecule has 0 aromatic carbocycles. The number of carboxylic acid groups (broad SMARTS) is 1. The van der Waals surface area contributed by atoms with Gasteiger partial charge in [0, 0.05) is 13.1 Å². The first-order chi connectivity index (χ1) is 9.24. The molecule has 20 heavy (non-hydrogen) atoms. The Hall–Kier alpha value is -1.31. The summed E-state index contributed by atoms with van der Waals surface area (Å²) in [6, 6.07) is -0.420. The molecule has 0 aromatic rings. The van der Waals surface area contributed by atoms with Crippen LogP contribution in [0.4, 0.5) is 4.79 Å². The van der Waals surface area contributed by atoms with Crippen LogP contribution in [-0.4, -0.2) is 60.6 Å². The average molecular weight is 304 g/mol. The highest BCUT2D eigenvalue weighted by Crippen LogP contribution is 2.29. The smallest absolute Gasteiger partial charge is 0.329 e. The Morgan fingerprint density at radius 3 is 2.70 bits per heavy atom. The molecule has 2 rings (SSSR count). The second-order valence-electron chi connectivity index (χ2n) is 5.79. The lowest BCUT2D eigenvalue weighted by Gasteiger charge is -2.31. The second-order valence-corrected chi connectivity index (χ2v) is 8.02. The first kappa shape index (κ1) is 15.1. The van der Waals surface area contributed by atoms with Gasteiger partial charge < -0.3 is 15.3 Å². The standard InChI is InChI=1S/C12H20N2O5S/c1-12(10(15)16)4-2-5-14(12)11(17)13-7-9-3-6-20(18,19)8-9/h9H,2-8H2,1H3,(H,13,17)(H,15,16). The fourth-order valence-electron chi connectivity index (χ4n) is 2.87. The van der Waals surface area contributed by atoms with Crippen LogP contribution in [0.1, 0.15) is 26.2 Å². The van der Waals surface area contributed by atoms with Crippen LogP contribution >= 0.6 is 0 Å². The van der Waals surface area contributed by atoms with Crippen molar-refractivity contribution in [1.82, 2.24) is 10.2 Å². The maximum Gasteiger partial charge on any atom is 0.329 e. The maximum atomic E-state index is 12.1. The molecular weight excluding hydrogens is 284 g/mol. The number of carbonyl (C=O) groups excluding carboxylic acids is 1. The number of likely N-dealkylation sites (tertiary alicyclic amines) is 1. The third kappa shape index (κ3) is 2.89. The van der Waals surface area contributed by atoms with Crippen LogP contribution < -0.4 is 5.32 Å². The van der Waals surface area contributed by atoms with E-state index in [1.54, 1.807) is 6.92 Å². The maximum absolute atomic E-state index is 12.1. The summed E-state index contributed by atoms with van der Waals surface area (Å²) in [5.74, 6) is -0.802. The van der Waals surface area contributed by atoms with Crippen molar-refractivity contribution in [1.29, 1.82) is 0 Å². The highest BCUT2D eigenvalue weighted by Gasteiger charge is 2.46. The number of nitrogens with zero attached hydrogens (tertiary/aromatic N) is 1. The van der Waals surface area contributed by atoms with Crippen molar-refractivity contribution < 1.29 is 23.1 Å². The van der Waals surface area contributed by atoms with Crippen LogP contribution in [0.5, 0.6) is 0 Å². The molecule has 2 heterocycles. The van der Waals surface area contributed by atoms with E-state index in [0.29, 0.717) is 25.8 Å². The van der Waals surface area contributed by atoms with Crippen molar-refractivity contribution in [3.63, 3.8) is 0 Å². The molecule has 2 unspecified atom stereocenters. The van der Waals surface area contributed by atoms with Gasteiger partial charge in [-0.15, -0.1) is 0 Å². The van der Waals surface area contributed by atoms with Crippen LogP contribution in [0.3, 0.4) is 0 Å². The van der Waals surface area contributed by atoms with Crippen molar-refractivity contribution in [2.24, 2.45) is 5.92 Å². The molecule has 2 saturated heterocycles. The summed E-state index contributed by atoms with van der Waals surface area (Å²) < 4.78 is 22.7. The van der Waals surface area contributed by atoms with Gasteiger partial charge in [0.1, 0.15) is 5.54 Å². The monoisotopic (exact) mass is 304 g/mol. The third-order valence-corrected chi connectivity index (χ3v) is 6.05. The lowest BCUT2D eigenvalue weighted by molar-refractivity contribution is -0.147. The van der Waals surface area contributed by atoms with Gasteiger partial charge in [0.15, 0.2) is 9.84 Å². The Balaban J connectivity index is 1.91. The quantitative estimate of drug-likeness (QED) is 0.768. The molecule has 0 bridgehead atoms. The number of hydrogen-bond donors (Lipinski definition) is 2. The van der Waals surface area contributed by atoms with Crippen LogP contribution in [0.2, 0.25) is 0 Å². The van der Waals surface area contributed by atoms with Crippen LogP contribution in [-0.2, 0) is 14.6 Å². The van der Waals surface area contributed by atoms with Gasteiger partial charge in [0.2, 0.25) is 0 Å². The van der Waals surface area contributed by atoms with Crippen molar-refractivity contribution >= 4 is 21.8 Å². The largest absolute Gasteiger partial charge is 0.480 e. The number of nitrogens with one attached hydrogen (secondary N) is 1. The van der Waals surface area contributed by atoms with Crippen LogP contribution in [0, 0.1) is 5.92 Å². The van der Waals surface area contributed by atoms with Crippen LogP contribution in [0.15, 0.2) is 0 Å². The molecule has 114 valence electrons. The zero-order valence-electron chi connectivity index (χ0n) is 11.5. The Kier molecular flexibility index (Phi) is 3.95. The zero-order valence-corrected chi connectivity index (χ0v) is 12.3. The van der Waals surface area contributed by atoms with Gasteiger partial charge >= 0.3 is 12.0 Å². The second kappa shape index (κ2) is 5.23. The summed E-state index contributed by atoms with van der Waals surface area (Å²) in [5.41, 5.74) is -1.16. The number of carboxylic acids is 1. The molecule has 8 heteroatoms. The molecular formula is C12H20N2O5S. The van der Waals surface area contributed by atoms with E-state index in [9.17, 15) is 23.1 Å². The third-order valence-electron chi connectivity index (χ3n) is 4.22. The molecule has 0 radical (unpaired) electrons. The van der Waals surface area contributed by atoms with Crippen molar-refractivity contribution in [3.05, 3.63) is 0 Å². The number of urea groups is 1. The summed E-state index contributed by atoms with van der Waals surface area (Å²) in [7, 11) is -2.96. The van der Waals surface area contributed by atoms with E-state index in [1.807, 2.05) is 0 Å². The molecule has 2 fully saturated rings. The summed E-state index contributed by atoms with van der Waals surface area (Å²) >= 11 is 0. The van der Waals surface area contributed by atoms with Crippen molar-refractivity contribution in [2.45, 2.75) is 31.7 Å². The van der Waals surface area contributed by atoms with Gasteiger partial charge in [0.05, 0.1) is 11.5 Å². The molecule has 0 aromatic heterocycles. The SMILES string of the molecule is CC1(C(=O)O)CCCN1C(=O)NCC1CCS(=O)(=O)C1. The summed E-state index contributed by atoms with van der Waals surface area (Å²) in [5, 5.41) is 11.9. The Morgan fingerprint density at radius 1 is 1.45 bits per heavy atom. The molecule has 0 saturated carbocycles. The number of carbonyl (C=O) groups is 2. The first-order valence-corrected chi connectivity index (χ1v) is 8.56. The normalized spacial score (nSPS) is 32.2. The number of amides is 2. The first-order valence-electron chi connectivity index (χ1n) is 6.74. The van der Waals surface area contributed by atoms with Crippen LogP contribution in [0.25, 0.3) is 0 Å². The molecule has 2 aliphatic heterocycles. The van der Waals surface area contributed by atoms with Gasteiger partial charge in [-0.2, -0.15) is 0 Å². The molecule has 0 spiro atoms. The predicted octanol–water partition coefficient (Wildman–Crippen LogP) is 0.0698. The molecule has 2 aliphatic rings. The van der Waals surface area contributed by atoms with E-state index in [-0.39, 0.29) is 24.0 Å². The highest BCUT2D eigenvalue weighted by atomic mass is 32.2. The Labute approximate surface area is 118 Å². The van der Waals surface area contributed by atoms with E-state index >= 15 is 0 Å². The van der Waals surface area contributed by atoms with Gasteiger partial charge in [0.25, 0.3) is 0 Å². The van der Waals surface area contributed by atoms with E-state index in [0.717, 1.165) is 0 Å². The lowest BCUT2D eigenvalue weighted by atomic mass is 10.00. The molecule has 2 atom stereocenters. The zero-order chi connectivity index (χ0) is 15.0. The molecule has 2 amide bonds. The minimum absolute atomic E-state index is 0.0670. The molecule has 0 aliphatic carbocycles. The Bertz CT molecular complexity index is 518. The van der Waals surface area contributed by atoms with Gasteiger partial charge in [-0.25, -0.2) is 18.0 Å². The minimum atomic E-state index is -2.96. The van der Waals surface area contributed by atoms with E-state index in [1.165, 1.54) is 4.90 Å². The number of rotatable bonds is 3.